The Morgan fingerprint density at radius 1 is 0.309 bits per heavy atom. The third-order valence-electron chi connectivity index (χ3n) is 12.1. The first-order chi connectivity index (χ1) is 33.5. The van der Waals surface area contributed by atoms with Crippen LogP contribution in [0.5, 0.6) is 0 Å². The number of hydrogen-bond donors (Lipinski definition) is 0. The predicted molar refractivity (Wildman–Crippen MR) is 293 cm³/mol. The van der Waals surface area contributed by atoms with E-state index in [2.05, 4.69) is 106 Å². The molecule has 0 aliphatic carbocycles. The van der Waals surface area contributed by atoms with Crippen molar-refractivity contribution >= 4 is 17.9 Å². The second kappa shape index (κ2) is 56.2. The lowest BCUT2D eigenvalue weighted by molar-refractivity contribution is -0.167. The third-order valence-corrected chi connectivity index (χ3v) is 12.1. The van der Waals surface area contributed by atoms with Gasteiger partial charge < -0.3 is 14.2 Å². The van der Waals surface area contributed by atoms with Crippen LogP contribution >= 0.6 is 0 Å². The highest BCUT2D eigenvalue weighted by molar-refractivity contribution is 5.71. The van der Waals surface area contributed by atoms with Crippen molar-refractivity contribution in [2.45, 2.75) is 277 Å². The maximum absolute atomic E-state index is 12.8. The van der Waals surface area contributed by atoms with Crippen LogP contribution in [-0.4, -0.2) is 37.2 Å². The van der Waals surface area contributed by atoms with E-state index in [-0.39, 0.29) is 37.5 Å². The van der Waals surface area contributed by atoms with Crippen LogP contribution in [-0.2, 0) is 28.6 Å². The first kappa shape index (κ1) is 64.6. The summed E-state index contributed by atoms with van der Waals surface area (Å²) >= 11 is 0. The van der Waals surface area contributed by atoms with Gasteiger partial charge in [-0.15, -0.1) is 0 Å². The van der Waals surface area contributed by atoms with Crippen molar-refractivity contribution in [3.8, 4) is 0 Å². The Kier molecular flexibility index (Phi) is 53.4. The second-order valence-electron chi connectivity index (χ2n) is 18.8. The van der Waals surface area contributed by atoms with Gasteiger partial charge in [0, 0.05) is 19.3 Å². The molecule has 0 bridgehead atoms. The van der Waals surface area contributed by atoms with Crippen LogP contribution in [0.15, 0.2) is 85.1 Å². The van der Waals surface area contributed by atoms with Gasteiger partial charge in [0.2, 0.25) is 0 Å². The van der Waals surface area contributed by atoms with Gasteiger partial charge in [0.1, 0.15) is 13.2 Å². The molecule has 0 aliphatic heterocycles. The van der Waals surface area contributed by atoms with Crippen molar-refractivity contribution in [3.63, 3.8) is 0 Å². The van der Waals surface area contributed by atoms with Gasteiger partial charge in [-0.1, -0.05) is 247 Å². The fourth-order valence-corrected chi connectivity index (χ4v) is 7.86. The van der Waals surface area contributed by atoms with Gasteiger partial charge in [-0.05, 0) is 89.9 Å². The van der Waals surface area contributed by atoms with E-state index in [1.165, 1.54) is 135 Å². The maximum Gasteiger partial charge on any atom is 0.306 e. The minimum atomic E-state index is -0.809. The van der Waals surface area contributed by atoms with Gasteiger partial charge in [-0.2, -0.15) is 0 Å². The van der Waals surface area contributed by atoms with Crippen molar-refractivity contribution in [1.29, 1.82) is 0 Å². The topological polar surface area (TPSA) is 78.9 Å². The van der Waals surface area contributed by atoms with E-state index in [9.17, 15) is 14.4 Å². The summed E-state index contributed by atoms with van der Waals surface area (Å²) in [6.07, 6.45) is 72.9. The molecular formula is C62H106O6. The number of carbonyl (C=O) groups excluding carboxylic acids is 3. The van der Waals surface area contributed by atoms with Crippen molar-refractivity contribution in [2.75, 3.05) is 13.2 Å². The SMILES string of the molecule is CC/C=C\C/C=C\C/C=C\C/C=C\C/C=C\CCCC(=O)OC(COC(=O)CCCCCCCCC/C=C\C/C=C\CCCCCC)COC(=O)CCCCCCCCCCCCCCCCC. The summed E-state index contributed by atoms with van der Waals surface area (Å²) in [4.78, 5) is 38.1. The zero-order valence-electron chi connectivity index (χ0n) is 44.6. The highest BCUT2D eigenvalue weighted by atomic mass is 16.6. The van der Waals surface area contributed by atoms with E-state index in [1.807, 2.05) is 0 Å². The van der Waals surface area contributed by atoms with Crippen molar-refractivity contribution in [3.05, 3.63) is 85.1 Å². The molecule has 0 aliphatic rings. The van der Waals surface area contributed by atoms with Crippen LogP contribution in [0.3, 0.4) is 0 Å². The highest BCUT2D eigenvalue weighted by Gasteiger charge is 2.19. The van der Waals surface area contributed by atoms with Gasteiger partial charge >= 0.3 is 17.9 Å². The van der Waals surface area contributed by atoms with Crippen molar-refractivity contribution < 1.29 is 28.6 Å². The van der Waals surface area contributed by atoms with Gasteiger partial charge in [0.25, 0.3) is 0 Å². The van der Waals surface area contributed by atoms with Gasteiger partial charge in [-0.3, -0.25) is 14.4 Å². The average Bonchev–Trinajstić information content (AvgIpc) is 3.34. The molecule has 0 heterocycles. The molecule has 1 unspecified atom stereocenters. The molecule has 1 atom stereocenters. The van der Waals surface area contributed by atoms with E-state index in [1.54, 1.807) is 0 Å². The summed E-state index contributed by atoms with van der Waals surface area (Å²) < 4.78 is 16.8. The Morgan fingerprint density at radius 2 is 0.588 bits per heavy atom. The van der Waals surface area contributed by atoms with Gasteiger partial charge in [0.05, 0.1) is 0 Å². The highest BCUT2D eigenvalue weighted by Crippen LogP contribution is 2.15. The smallest absolute Gasteiger partial charge is 0.306 e. The largest absolute Gasteiger partial charge is 0.462 e. The normalized spacial score (nSPS) is 12.7. The van der Waals surface area contributed by atoms with E-state index in [0.29, 0.717) is 19.3 Å². The molecule has 0 aromatic carbocycles. The first-order valence-electron chi connectivity index (χ1n) is 28.6. The zero-order valence-corrected chi connectivity index (χ0v) is 44.6. The molecule has 0 amide bonds. The molecule has 0 rings (SSSR count). The Morgan fingerprint density at radius 3 is 0.956 bits per heavy atom. The lowest BCUT2D eigenvalue weighted by atomic mass is 10.0. The number of unbranched alkanes of at least 4 members (excludes halogenated alkanes) is 26. The van der Waals surface area contributed by atoms with Crippen LogP contribution in [0.4, 0.5) is 0 Å². The molecule has 6 heteroatoms. The Hall–Kier alpha value is -3.41. The summed E-state index contributed by atoms with van der Waals surface area (Å²) in [5.74, 6) is -0.960. The molecule has 390 valence electrons. The Labute approximate surface area is 420 Å². The quantitative estimate of drug-likeness (QED) is 0.0262. The Bertz CT molecular complexity index is 1320. The molecule has 0 saturated carbocycles. The first-order valence-corrected chi connectivity index (χ1v) is 28.6. The molecule has 0 N–H and O–H groups in total. The minimum absolute atomic E-state index is 0.0998. The van der Waals surface area contributed by atoms with E-state index in [0.717, 1.165) is 89.9 Å². The van der Waals surface area contributed by atoms with Crippen molar-refractivity contribution in [2.24, 2.45) is 0 Å². The summed E-state index contributed by atoms with van der Waals surface area (Å²) in [6.45, 7) is 6.47. The van der Waals surface area contributed by atoms with E-state index >= 15 is 0 Å². The average molecular weight is 948 g/mol. The lowest BCUT2D eigenvalue weighted by Gasteiger charge is -2.18. The van der Waals surface area contributed by atoms with Crippen LogP contribution in [0.1, 0.15) is 271 Å². The molecular weight excluding hydrogens is 841 g/mol. The lowest BCUT2D eigenvalue weighted by Crippen LogP contribution is -2.30. The standard InChI is InChI=1S/C62H106O6/c1-4-7-10-13-16-19-22-25-28-30-32-34-37-40-43-46-49-52-55-61(64)67-58-59(57-66-60(63)54-51-48-45-42-39-36-33-27-24-21-18-15-12-9-6-3)68-62(65)56-53-50-47-44-41-38-35-31-29-26-23-20-17-14-11-8-5-2/h8,11,17,19-20,22,26,28-30,35,38,44,47,59H,4-7,9-10,12-16,18,21,23-25,27,31-34,36-37,39-43,45-46,48-58H2,1-3H3/b11-8-,20-17-,22-19-,29-26-,30-28-,38-35-,47-44-. The number of rotatable bonds is 51. The van der Waals surface area contributed by atoms with E-state index < -0.39 is 6.10 Å². The molecule has 0 fully saturated rings. The fourth-order valence-electron chi connectivity index (χ4n) is 7.86. The van der Waals surface area contributed by atoms with Crippen LogP contribution in [0.2, 0.25) is 0 Å². The third kappa shape index (κ3) is 53.5. The second-order valence-corrected chi connectivity index (χ2v) is 18.8. The molecule has 6 nitrogen and oxygen atoms in total. The maximum atomic E-state index is 12.8. The predicted octanol–water partition coefficient (Wildman–Crippen LogP) is 19.2. The van der Waals surface area contributed by atoms with Crippen LogP contribution < -0.4 is 0 Å². The summed E-state index contributed by atoms with van der Waals surface area (Å²) in [6, 6.07) is 0. The molecule has 0 spiro atoms. The van der Waals surface area contributed by atoms with Crippen LogP contribution in [0.25, 0.3) is 0 Å². The molecule has 0 saturated heterocycles. The molecule has 0 aromatic rings. The van der Waals surface area contributed by atoms with Crippen molar-refractivity contribution in [1.82, 2.24) is 0 Å². The Balaban J connectivity index is 4.47. The summed E-state index contributed by atoms with van der Waals surface area (Å²) in [5, 5.41) is 0. The molecule has 0 aromatic heterocycles. The summed E-state index contributed by atoms with van der Waals surface area (Å²) in [5.41, 5.74) is 0. The molecule has 68 heavy (non-hydrogen) atoms. The van der Waals surface area contributed by atoms with Crippen LogP contribution in [0, 0.1) is 0 Å². The minimum Gasteiger partial charge on any atom is -0.462 e. The molecule has 0 radical (unpaired) electrons. The van der Waals surface area contributed by atoms with Gasteiger partial charge in [0.15, 0.2) is 6.10 Å². The summed E-state index contributed by atoms with van der Waals surface area (Å²) in [7, 11) is 0. The van der Waals surface area contributed by atoms with E-state index in [4.69, 9.17) is 14.2 Å². The number of esters is 3. The fraction of sp³-hybridized carbons (Fsp3) is 0.726. The van der Waals surface area contributed by atoms with Gasteiger partial charge in [-0.25, -0.2) is 0 Å². The monoisotopic (exact) mass is 947 g/mol. The number of allylic oxidation sites excluding steroid dienone is 14. The number of carbonyl (C=O) groups is 3. The number of ether oxygens (including phenoxy) is 3. The zero-order chi connectivity index (χ0) is 49.3. The number of hydrogen-bond acceptors (Lipinski definition) is 6.